The molecule has 6 nitrogen and oxygen atoms in total. The molecule has 2 amide bonds. The van der Waals surface area contributed by atoms with E-state index in [2.05, 4.69) is 5.32 Å². The molecule has 1 aromatic rings. The van der Waals surface area contributed by atoms with E-state index in [-0.39, 0.29) is 6.03 Å². The maximum absolute atomic E-state index is 12.2. The predicted molar refractivity (Wildman–Crippen MR) is 74.1 cm³/mol. The topological polar surface area (TPSA) is 78.9 Å². The first-order valence-electron chi connectivity index (χ1n) is 6.48. The number of carboxylic acids is 1. The van der Waals surface area contributed by atoms with Gasteiger partial charge in [0, 0.05) is 12.2 Å². The van der Waals surface area contributed by atoms with Crippen LogP contribution in [0, 0.1) is 6.92 Å². The zero-order valence-electron chi connectivity index (χ0n) is 11.5. The second kappa shape index (κ2) is 5.81. The van der Waals surface area contributed by atoms with Crippen LogP contribution < -0.4 is 10.1 Å². The van der Waals surface area contributed by atoms with Gasteiger partial charge in [-0.25, -0.2) is 9.59 Å². The third-order valence-electron chi connectivity index (χ3n) is 3.47. The maximum atomic E-state index is 12.2. The molecule has 6 heteroatoms. The zero-order chi connectivity index (χ0) is 14.7. The van der Waals surface area contributed by atoms with Gasteiger partial charge in [-0.15, -0.1) is 0 Å². The van der Waals surface area contributed by atoms with Gasteiger partial charge in [0.15, 0.2) is 0 Å². The van der Waals surface area contributed by atoms with E-state index in [9.17, 15) is 9.59 Å². The Balaban J connectivity index is 2.10. The lowest BCUT2D eigenvalue weighted by Crippen LogP contribution is -2.42. The molecule has 1 heterocycles. The Bertz CT molecular complexity index is 530. The van der Waals surface area contributed by atoms with Crippen LogP contribution in [0.4, 0.5) is 10.5 Å². The van der Waals surface area contributed by atoms with E-state index < -0.39 is 12.0 Å². The summed E-state index contributed by atoms with van der Waals surface area (Å²) in [7, 11) is 1.58. The van der Waals surface area contributed by atoms with Gasteiger partial charge in [0.1, 0.15) is 11.8 Å². The van der Waals surface area contributed by atoms with E-state index in [0.29, 0.717) is 30.8 Å². The molecule has 1 aromatic carbocycles. The van der Waals surface area contributed by atoms with Gasteiger partial charge < -0.3 is 20.1 Å². The van der Waals surface area contributed by atoms with Gasteiger partial charge in [-0.3, -0.25) is 0 Å². The van der Waals surface area contributed by atoms with Gasteiger partial charge in [0.05, 0.1) is 7.11 Å². The molecule has 2 N–H and O–H groups in total. The average Bonchev–Trinajstić information content (AvgIpc) is 2.90. The Morgan fingerprint density at radius 3 is 2.80 bits per heavy atom. The van der Waals surface area contributed by atoms with Crippen LogP contribution in [0.15, 0.2) is 18.2 Å². The summed E-state index contributed by atoms with van der Waals surface area (Å²) in [6.07, 6.45) is 1.22. The number of anilines is 1. The maximum Gasteiger partial charge on any atom is 0.326 e. The smallest absolute Gasteiger partial charge is 0.326 e. The highest BCUT2D eigenvalue weighted by atomic mass is 16.5. The highest BCUT2D eigenvalue weighted by Crippen LogP contribution is 2.23. The number of hydrogen-bond acceptors (Lipinski definition) is 3. The molecule has 1 aliphatic rings. The molecule has 1 fully saturated rings. The minimum absolute atomic E-state index is 0.372. The number of aryl methyl sites for hydroxylation is 1. The Hall–Kier alpha value is -2.24. The van der Waals surface area contributed by atoms with E-state index >= 15 is 0 Å². The number of amides is 2. The molecule has 108 valence electrons. The number of carbonyl (C=O) groups excluding carboxylic acids is 1. The highest BCUT2D eigenvalue weighted by molar-refractivity contribution is 5.93. The van der Waals surface area contributed by atoms with E-state index in [0.717, 1.165) is 5.56 Å². The third-order valence-corrected chi connectivity index (χ3v) is 3.47. The third kappa shape index (κ3) is 2.84. The van der Waals surface area contributed by atoms with Gasteiger partial charge in [-0.05, 0) is 43.5 Å². The lowest BCUT2D eigenvalue weighted by molar-refractivity contribution is -0.141. The van der Waals surface area contributed by atoms with E-state index in [1.807, 2.05) is 13.0 Å². The standard InChI is InChI=1S/C14H18N2O4/c1-9-8-10(20-2)5-6-11(9)15-14(19)16-7-3-4-12(16)13(17)18/h5-6,8,12H,3-4,7H2,1-2H3,(H,15,19)(H,17,18)/t12-/m0/s1. The molecule has 1 atom stereocenters. The minimum Gasteiger partial charge on any atom is -0.497 e. The molecule has 0 bridgehead atoms. The molecule has 0 radical (unpaired) electrons. The largest absolute Gasteiger partial charge is 0.497 e. The lowest BCUT2D eigenvalue weighted by atomic mass is 10.2. The number of benzene rings is 1. The van der Waals surface area contributed by atoms with Gasteiger partial charge in [0.25, 0.3) is 0 Å². The zero-order valence-corrected chi connectivity index (χ0v) is 11.5. The number of rotatable bonds is 3. The average molecular weight is 278 g/mol. The molecule has 0 saturated carbocycles. The number of aliphatic carboxylic acids is 1. The molecular formula is C14H18N2O4. The van der Waals surface area contributed by atoms with Crippen molar-refractivity contribution in [3.63, 3.8) is 0 Å². The van der Waals surface area contributed by atoms with Crippen LogP contribution in [0.5, 0.6) is 5.75 Å². The van der Waals surface area contributed by atoms with Crippen LogP contribution in [0.2, 0.25) is 0 Å². The first-order chi connectivity index (χ1) is 9.52. The van der Waals surface area contributed by atoms with E-state index in [1.54, 1.807) is 19.2 Å². The summed E-state index contributed by atoms with van der Waals surface area (Å²) in [5, 5.41) is 11.8. The number of methoxy groups -OCH3 is 1. The van der Waals surface area contributed by atoms with Crippen molar-refractivity contribution in [2.24, 2.45) is 0 Å². The van der Waals surface area contributed by atoms with Crippen molar-refractivity contribution in [1.82, 2.24) is 4.90 Å². The Labute approximate surface area is 117 Å². The lowest BCUT2D eigenvalue weighted by Gasteiger charge is -2.22. The monoisotopic (exact) mass is 278 g/mol. The molecule has 2 rings (SSSR count). The normalized spacial score (nSPS) is 17.9. The summed E-state index contributed by atoms with van der Waals surface area (Å²) in [5.74, 6) is -0.241. The second-order valence-electron chi connectivity index (χ2n) is 4.80. The Morgan fingerprint density at radius 1 is 1.45 bits per heavy atom. The number of carbonyl (C=O) groups is 2. The number of hydrogen-bond donors (Lipinski definition) is 2. The van der Waals surface area contributed by atoms with Crippen molar-refractivity contribution in [3.05, 3.63) is 23.8 Å². The van der Waals surface area contributed by atoms with Crippen LogP contribution in [0.3, 0.4) is 0 Å². The molecule has 0 aliphatic carbocycles. The first kappa shape index (κ1) is 14.2. The summed E-state index contributed by atoms with van der Waals surface area (Å²) >= 11 is 0. The number of likely N-dealkylation sites (tertiary alicyclic amines) is 1. The molecule has 1 saturated heterocycles. The van der Waals surface area contributed by atoms with Gasteiger partial charge >= 0.3 is 12.0 Å². The number of carboxylic acid groups (broad SMARTS) is 1. The van der Waals surface area contributed by atoms with Crippen LogP contribution >= 0.6 is 0 Å². The minimum atomic E-state index is -0.955. The first-order valence-corrected chi connectivity index (χ1v) is 6.48. The second-order valence-corrected chi connectivity index (χ2v) is 4.80. The summed E-state index contributed by atoms with van der Waals surface area (Å²) in [4.78, 5) is 24.6. The molecular weight excluding hydrogens is 260 g/mol. The summed E-state index contributed by atoms with van der Waals surface area (Å²) in [6.45, 7) is 2.33. The number of nitrogens with zero attached hydrogens (tertiary/aromatic N) is 1. The van der Waals surface area contributed by atoms with Gasteiger partial charge in [-0.2, -0.15) is 0 Å². The Morgan fingerprint density at radius 2 is 2.20 bits per heavy atom. The summed E-state index contributed by atoms with van der Waals surface area (Å²) in [6, 6.07) is 4.21. The number of urea groups is 1. The number of nitrogens with one attached hydrogen (secondary N) is 1. The molecule has 0 aromatic heterocycles. The predicted octanol–water partition coefficient (Wildman–Crippen LogP) is 2.08. The molecule has 1 aliphatic heterocycles. The van der Waals surface area contributed by atoms with Crippen LogP contribution in [0.1, 0.15) is 18.4 Å². The van der Waals surface area contributed by atoms with Crippen molar-refractivity contribution in [2.45, 2.75) is 25.8 Å². The van der Waals surface area contributed by atoms with Gasteiger partial charge in [-0.1, -0.05) is 0 Å². The molecule has 0 spiro atoms. The van der Waals surface area contributed by atoms with Gasteiger partial charge in [0.2, 0.25) is 0 Å². The summed E-state index contributed by atoms with van der Waals surface area (Å²) in [5.41, 5.74) is 1.52. The fourth-order valence-electron chi connectivity index (χ4n) is 2.36. The highest BCUT2D eigenvalue weighted by Gasteiger charge is 2.34. The SMILES string of the molecule is COc1ccc(NC(=O)N2CCC[C@H]2C(=O)O)c(C)c1. The van der Waals surface area contributed by atoms with Crippen molar-refractivity contribution in [1.29, 1.82) is 0 Å². The van der Waals surface area contributed by atoms with Crippen molar-refractivity contribution >= 4 is 17.7 Å². The van der Waals surface area contributed by atoms with Crippen molar-refractivity contribution in [3.8, 4) is 5.75 Å². The fourth-order valence-corrected chi connectivity index (χ4v) is 2.36. The van der Waals surface area contributed by atoms with Crippen LogP contribution in [-0.2, 0) is 4.79 Å². The molecule has 20 heavy (non-hydrogen) atoms. The Kier molecular flexibility index (Phi) is 4.12. The van der Waals surface area contributed by atoms with E-state index in [1.165, 1.54) is 4.90 Å². The summed E-state index contributed by atoms with van der Waals surface area (Å²) < 4.78 is 5.10. The van der Waals surface area contributed by atoms with Crippen molar-refractivity contribution < 1.29 is 19.4 Å². The van der Waals surface area contributed by atoms with E-state index in [4.69, 9.17) is 9.84 Å². The van der Waals surface area contributed by atoms with Crippen LogP contribution in [0.25, 0.3) is 0 Å². The fraction of sp³-hybridized carbons (Fsp3) is 0.429. The van der Waals surface area contributed by atoms with Crippen LogP contribution in [-0.4, -0.2) is 41.7 Å². The number of ether oxygens (including phenoxy) is 1. The quantitative estimate of drug-likeness (QED) is 0.887. The molecule has 0 unspecified atom stereocenters. The van der Waals surface area contributed by atoms with Crippen molar-refractivity contribution in [2.75, 3.05) is 19.0 Å².